The Balaban J connectivity index is 1.51. The molecule has 1 aliphatic rings. The summed E-state index contributed by atoms with van der Waals surface area (Å²) in [6.07, 6.45) is 6.08. The highest BCUT2D eigenvalue weighted by Crippen LogP contribution is 2.27. The van der Waals surface area contributed by atoms with E-state index in [0.717, 1.165) is 45.2 Å². The van der Waals surface area contributed by atoms with Gasteiger partial charge in [-0.1, -0.05) is 30.3 Å². The molecule has 3 heterocycles. The van der Waals surface area contributed by atoms with Crippen LogP contribution in [0.5, 0.6) is 0 Å². The molecule has 2 aromatic heterocycles. The molecule has 0 fully saturated rings. The first kappa shape index (κ1) is 20.5. The van der Waals surface area contributed by atoms with E-state index in [1.54, 1.807) is 7.11 Å². The number of ether oxygens (including phenoxy) is 1. The van der Waals surface area contributed by atoms with E-state index in [4.69, 9.17) is 9.73 Å². The fourth-order valence-electron chi connectivity index (χ4n) is 3.69. The van der Waals surface area contributed by atoms with Gasteiger partial charge in [-0.2, -0.15) is 0 Å². The summed E-state index contributed by atoms with van der Waals surface area (Å²) in [4.78, 5) is 23.8. The predicted molar refractivity (Wildman–Crippen MR) is 123 cm³/mol. The smallest absolute Gasteiger partial charge is 0.224 e. The van der Waals surface area contributed by atoms with Crippen LogP contribution in [0.4, 0.5) is 0 Å². The second kappa shape index (κ2) is 8.92. The Morgan fingerprint density at radius 3 is 2.68 bits per heavy atom. The summed E-state index contributed by atoms with van der Waals surface area (Å²) >= 11 is 0. The summed E-state index contributed by atoms with van der Waals surface area (Å²) in [7, 11) is 1.64. The van der Waals surface area contributed by atoms with Gasteiger partial charge >= 0.3 is 0 Å². The maximum atomic E-state index is 12.5. The zero-order valence-corrected chi connectivity index (χ0v) is 18.0. The maximum Gasteiger partial charge on any atom is 0.224 e. The number of aromatic nitrogens is 2. The first-order valence-electron chi connectivity index (χ1n) is 10.2. The molecule has 1 aliphatic heterocycles. The first-order chi connectivity index (χ1) is 15.0. The molecule has 31 heavy (non-hydrogen) atoms. The number of aliphatic imine (C=N–C) groups is 1. The number of aromatic amines is 2. The van der Waals surface area contributed by atoms with Gasteiger partial charge in [0, 0.05) is 30.2 Å². The van der Waals surface area contributed by atoms with E-state index in [9.17, 15) is 4.79 Å². The molecule has 3 N–H and O–H groups in total. The van der Waals surface area contributed by atoms with Gasteiger partial charge in [0.15, 0.2) is 0 Å². The van der Waals surface area contributed by atoms with Crippen LogP contribution < -0.4 is 5.32 Å². The van der Waals surface area contributed by atoms with Crippen molar-refractivity contribution < 1.29 is 9.53 Å². The van der Waals surface area contributed by atoms with E-state index in [-0.39, 0.29) is 5.91 Å². The van der Waals surface area contributed by atoms with Crippen LogP contribution in [-0.4, -0.2) is 28.7 Å². The summed E-state index contributed by atoms with van der Waals surface area (Å²) in [6, 6.07) is 13.8. The Bertz CT molecular complexity index is 1170. The average molecular weight is 415 g/mol. The van der Waals surface area contributed by atoms with Crippen molar-refractivity contribution in [2.45, 2.75) is 26.8 Å². The summed E-state index contributed by atoms with van der Waals surface area (Å²) in [5.41, 5.74) is 7.55. The molecule has 0 radical (unpaired) electrons. The Labute approximate surface area is 181 Å². The molecule has 0 unspecified atom stereocenters. The highest BCUT2D eigenvalue weighted by Gasteiger charge is 2.19. The molecule has 158 valence electrons. The SMILES string of the molecule is COC1=CC(c2ccc[nH]2)=N/C1=C\c1[nH]c(C)c(CC(=O)NCc2ccccc2)c1C. The number of allylic oxidation sites excluding steroid dienone is 1. The molecule has 0 saturated heterocycles. The Kier molecular flexibility index (Phi) is 5.89. The Hall–Kier alpha value is -3.80. The van der Waals surface area contributed by atoms with Gasteiger partial charge in [-0.25, -0.2) is 4.99 Å². The van der Waals surface area contributed by atoms with Crippen molar-refractivity contribution in [1.29, 1.82) is 0 Å². The van der Waals surface area contributed by atoms with Crippen LogP contribution in [-0.2, 0) is 22.5 Å². The second-order valence-electron chi connectivity index (χ2n) is 7.53. The normalized spacial score (nSPS) is 14.5. The highest BCUT2D eigenvalue weighted by molar-refractivity contribution is 6.11. The van der Waals surface area contributed by atoms with Crippen LogP contribution in [0.3, 0.4) is 0 Å². The Morgan fingerprint density at radius 1 is 1.16 bits per heavy atom. The lowest BCUT2D eigenvalue weighted by atomic mass is 10.1. The minimum absolute atomic E-state index is 0.00125. The van der Waals surface area contributed by atoms with Gasteiger partial charge < -0.3 is 20.0 Å². The molecule has 1 aromatic carbocycles. The molecular weight excluding hydrogens is 388 g/mol. The average Bonchev–Trinajstić information content (AvgIpc) is 3.50. The van der Waals surface area contributed by atoms with Gasteiger partial charge in [0.2, 0.25) is 5.91 Å². The quantitative estimate of drug-likeness (QED) is 0.542. The van der Waals surface area contributed by atoms with Crippen LogP contribution in [0.15, 0.2) is 71.2 Å². The van der Waals surface area contributed by atoms with E-state index in [1.165, 1.54) is 0 Å². The van der Waals surface area contributed by atoms with Crippen molar-refractivity contribution in [2.75, 3.05) is 7.11 Å². The standard InChI is InChI=1S/C25H26N4O2/c1-16-19(12-25(30)27-15-18-8-5-4-6-9-18)17(2)28-21(16)13-23-24(31-3)14-22(29-23)20-10-7-11-26-20/h4-11,13-14,26,28H,12,15H2,1-3H3,(H,27,30)/b23-13-. The molecule has 0 bridgehead atoms. The lowest BCUT2D eigenvalue weighted by molar-refractivity contribution is -0.120. The summed E-state index contributed by atoms with van der Waals surface area (Å²) in [5.74, 6) is 0.706. The van der Waals surface area contributed by atoms with E-state index in [2.05, 4.69) is 15.3 Å². The van der Waals surface area contributed by atoms with Crippen LogP contribution >= 0.6 is 0 Å². The first-order valence-corrected chi connectivity index (χ1v) is 10.2. The van der Waals surface area contributed by atoms with Crippen molar-refractivity contribution >= 4 is 17.7 Å². The van der Waals surface area contributed by atoms with E-state index < -0.39 is 0 Å². The topological polar surface area (TPSA) is 82.3 Å². The number of nitrogens with one attached hydrogen (secondary N) is 3. The fourth-order valence-corrected chi connectivity index (χ4v) is 3.69. The lowest BCUT2D eigenvalue weighted by Gasteiger charge is -2.06. The van der Waals surface area contributed by atoms with Gasteiger partial charge in [0.25, 0.3) is 0 Å². The van der Waals surface area contributed by atoms with E-state index >= 15 is 0 Å². The summed E-state index contributed by atoms with van der Waals surface area (Å²) in [6.45, 7) is 4.54. The number of methoxy groups -OCH3 is 1. The van der Waals surface area contributed by atoms with Gasteiger partial charge in [-0.05, 0) is 48.7 Å². The molecule has 0 atom stereocenters. The third kappa shape index (κ3) is 4.53. The minimum atomic E-state index is -0.00125. The number of hydrogen-bond donors (Lipinski definition) is 3. The van der Waals surface area contributed by atoms with Crippen LogP contribution in [0.25, 0.3) is 6.08 Å². The lowest BCUT2D eigenvalue weighted by Crippen LogP contribution is -2.24. The number of rotatable bonds is 7. The van der Waals surface area contributed by atoms with Crippen molar-refractivity contribution in [3.63, 3.8) is 0 Å². The van der Waals surface area contributed by atoms with Gasteiger partial charge in [0.05, 0.1) is 24.9 Å². The monoisotopic (exact) mass is 414 g/mol. The number of carbonyl (C=O) groups is 1. The predicted octanol–water partition coefficient (Wildman–Crippen LogP) is 4.19. The number of aryl methyl sites for hydroxylation is 1. The zero-order valence-electron chi connectivity index (χ0n) is 18.0. The van der Waals surface area contributed by atoms with Gasteiger partial charge in [-0.3, -0.25) is 4.79 Å². The maximum absolute atomic E-state index is 12.5. The number of amides is 1. The van der Waals surface area contributed by atoms with Crippen molar-refractivity contribution in [3.8, 4) is 0 Å². The molecule has 6 nitrogen and oxygen atoms in total. The fraction of sp³-hybridized carbons (Fsp3) is 0.200. The summed E-state index contributed by atoms with van der Waals surface area (Å²) in [5, 5.41) is 3.00. The molecule has 3 aromatic rings. The van der Waals surface area contributed by atoms with E-state index in [0.29, 0.717) is 18.7 Å². The van der Waals surface area contributed by atoms with Crippen molar-refractivity contribution in [3.05, 3.63) is 100.0 Å². The number of benzene rings is 1. The third-order valence-electron chi connectivity index (χ3n) is 5.44. The zero-order chi connectivity index (χ0) is 21.8. The van der Waals surface area contributed by atoms with Crippen LogP contribution in [0.1, 0.15) is 33.8 Å². The number of H-pyrrole nitrogens is 2. The van der Waals surface area contributed by atoms with Gasteiger partial charge in [0.1, 0.15) is 11.5 Å². The molecule has 4 rings (SSSR count). The number of nitrogens with zero attached hydrogens (tertiary/aromatic N) is 1. The number of hydrogen-bond acceptors (Lipinski definition) is 3. The molecular formula is C25H26N4O2. The van der Waals surface area contributed by atoms with Crippen molar-refractivity contribution in [1.82, 2.24) is 15.3 Å². The van der Waals surface area contributed by atoms with Crippen LogP contribution in [0.2, 0.25) is 0 Å². The van der Waals surface area contributed by atoms with E-state index in [1.807, 2.05) is 74.7 Å². The molecule has 1 amide bonds. The second-order valence-corrected chi connectivity index (χ2v) is 7.53. The molecule has 0 aliphatic carbocycles. The minimum Gasteiger partial charge on any atom is -0.494 e. The third-order valence-corrected chi connectivity index (χ3v) is 5.44. The molecule has 0 saturated carbocycles. The molecule has 6 heteroatoms. The van der Waals surface area contributed by atoms with Gasteiger partial charge in [-0.15, -0.1) is 0 Å². The largest absolute Gasteiger partial charge is 0.494 e. The summed E-state index contributed by atoms with van der Waals surface area (Å²) < 4.78 is 5.53. The number of carbonyl (C=O) groups excluding carboxylic acids is 1. The van der Waals surface area contributed by atoms with Crippen molar-refractivity contribution in [2.24, 2.45) is 4.99 Å². The molecule has 0 spiro atoms. The highest BCUT2D eigenvalue weighted by atomic mass is 16.5. The Morgan fingerprint density at radius 2 is 1.97 bits per heavy atom. The van der Waals surface area contributed by atoms with Crippen LogP contribution in [0, 0.1) is 13.8 Å².